The summed E-state index contributed by atoms with van der Waals surface area (Å²) in [6.07, 6.45) is -4.31. The van der Waals surface area contributed by atoms with Gasteiger partial charge in [-0.05, 0) is 17.7 Å². The normalized spacial score (nSPS) is 11.2. The Bertz CT molecular complexity index is 404. The van der Waals surface area contributed by atoms with Gasteiger partial charge in [-0.15, -0.1) is 0 Å². The number of benzene rings is 1. The molecule has 1 aromatic carbocycles. The Morgan fingerprint density at radius 2 is 1.89 bits per heavy atom. The molecular weight excluding hydrogens is 261 g/mol. The summed E-state index contributed by atoms with van der Waals surface area (Å²) in [5.74, 6) is 0.210. The number of hydrogen-bond donors (Lipinski definition) is 2. The number of carbonyl (C=O) groups excluding carboxylic acids is 1. The minimum Gasteiger partial charge on any atom is -0.497 e. The summed E-state index contributed by atoms with van der Waals surface area (Å²) in [4.78, 5) is 11.3. The number of hydrogen-bond acceptors (Lipinski definition) is 3. The highest BCUT2D eigenvalue weighted by molar-refractivity contribution is 5.77. The van der Waals surface area contributed by atoms with Crippen LogP contribution in [0.2, 0.25) is 0 Å². The second-order valence-corrected chi connectivity index (χ2v) is 3.84. The summed E-state index contributed by atoms with van der Waals surface area (Å²) in [5, 5.41) is 4.54. The predicted molar refractivity (Wildman–Crippen MR) is 63.8 cm³/mol. The third kappa shape index (κ3) is 6.66. The first-order valence-corrected chi connectivity index (χ1v) is 5.58. The van der Waals surface area contributed by atoms with Crippen molar-refractivity contribution >= 4 is 5.91 Å². The molecule has 0 aromatic heterocycles. The van der Waals surface area contributed by atoms with E-state index in [4.69, 9.17) is 4.74 Å². The first-order valence-electron chi connectivity index (χ1n) is 5.58. The average Bonchev–Trinajstić information content (AvgIpc) is 2.35. The molecule has 0 saturated carbocycles. The monoisotopic (exact) mass is 276 g/mol. The topological polar surface area (TPSA) is 50.4 Å². The van der Waals surface area contributed by atoms with Crippen LogP contribution in [0, 0.1) is 0 Å². The molecule has 0 bridgehead atoms. The van der Waals surface area contributed by atoms with Gasteiger partial charge in [0.15, 0.2) is 0 Å². The van der Waals surface area contributed by atoms with Gasteiger partial charge in [0.25, 0.3) is 0 Å². The molecule has 1 amide bonds. The Morgan fingerprint density at radius 3 is 2.42 bits per heavy atom. The van der Waals surface area contributed by atoms with E-state index < -0.39 is 18.6 Å². The van der Waals surface area contributed by atoms with Gasteiger partial charge >= 0.3 is 6.18 Å². The van der Waals surface area contributed by atoms with E-state index in [1.807, 2.05) is 5.32 Å². The zero-order valence-corrected chi connectivity index (χ0v) is 10.4. The standard InChI is InChI=1S/C12H15F3N2O2/c1-19-10-4-2-9(3-5-10)6-17-11(18)7-16-8-12(13,14)15/h2-5,16H,6-8H2,1H3,(H,17,18). The van der Waals surface area contributed by atoms with Crippen molar-refractivity contribution in [2.75, 3.05) is 20.2 Å². The molecule has 0 spiro atoms. The van der Waals surface area contributed by atoms with E-state index in [-0.39, 0.29) is 13.1 Å². The highest BCUT2D eigenvalue weighted by atomic mass is 19.4. The van der Waals surface area contributed by atoms with Crippen LogP contribution in [0.15, 0.2) is 24.3 Å². The fraction of sp³-hybridized carbons (Fsp3) is 0.417. The molecule has 0 aliphatic carbocycles. The first-order chi connectivity index (χ1) is 8.90. The summed E-state index contributed by atoms with van der Waals surface area (Å²) >= 11 is 0. The first kappa shape index (κ1) is 15.3. The SMILES string of the molecule is COc1ccc(CNC(=O)CNCC(F)(F)F)cc1. The van der Waals surface area contributed by atoms with E-state index in [0.717, 1.165) is 5.56 Å². The van der Waals surface area contributed by atoms with Crippen LogP contribution in [0.3, 0.4) is 0 Å². The number of amides is 1. The fourth-order valence-corrected chi connectivity index (χ4v) is 1.32. The van der Waals surface area contributed by atoms with Gasteiger partial charge in [0, 0.05) is 6.54 Å². The van der Waals surface area contributed by atoms with Crippen LogP contribution in [-0.2, 0) is 11.3 Å². The number of nitrogens with one attached hydrogen (secondary N) is 2. The molecule has 1 rings (SSSR count). The van der Waals surface area contributed by atoms with Gasteiger partial charge in [-0.1, -0.05) is 12.1 Å². The van der Waals surface area contributed by atoms with Crippen LogP contribution in [0.1, 0.15) is 5.56 Å². The van der Waals surface area contributed by atoms with Gasteiger partial charge in [-0.2, -0.15) is 13.2 Å². The van der Waals surface area contributed by atoms with Crippen molar-refractivity contribution in [1.29, 1.82) is 0 Å². The lowest BCUT2D eigenvalue weighted by molar-refractivity contribution is -0.128. The molecular formula is C12H15F3N2O2. The molecule has 0 aliphatic heterocycles. The number of alkyl halides is 3. The maximum absolute atomic E-state index is 11.8. The molecule has 0 unspecified atom stereocenters. The van der Waals surface area contributed by atoms with Gasteiger partial charge in [0.1, 0.15) is 5.75 Å². The molecule has 0 heterocycles. The van der Waals surface area contributed by atoms with Crippen molar-refractivity contribution < 1.29 is 22.7 Å². The second kappa shape index (κ2) is 6.98. The third-order valence-electron chi connectivity index (χ3n) is 2.26. The number of carbonyl (C=O) groups is 1. The van der Waals surface area contributed by atoms with Gasteiger partial charge in [0.2, 0.25) is 5.91 Å². The van der Waals surface area contributed by atoms with Crippen LogP contribution >= 0.6 is 0 Å². The lowest BCUT2D eigenvalue weighted by Crippen LogP contribution is -2.37. The molecule has 0 atom stereocenters. The van der Waals surface area contributed by atoms with E-state index in [1.165, 1.54) is 0 Å². The zero-order chi connectivity index (χ0) is 14.3. The number of halogens is 3. The maximum Gasteiger partial charge on any atom is 0.401 e. The van der Waals surface area contributed by atoms with E-state index in [0.29, 0.717) is 5.75 Å². The van der Waals surface area contributed by atoms with Crippen LogP contribution in [0.25, 0.3) is 0 Å². The van der Waals surface area contributed by atoms with Crippen molar-refractivity contribution in [3.05, 3.63) is 29.8 Å². The summed E-state index contributed by atoms with van der Waals surface area (Å²) in [5.41, 5.74) is 0.838. The largest absolute Gasteiger partial charge is 0.497 e. The molecule has 0 radical (unpaired) electrons. The minimum absolute atomic E-state index is 0.260. The molecule has 106 valence electrons. The smallest absolute Gasteiger partial charge is 0.401 e. The quantitative estimate of drug-likeness (QED) is 0.827. The molecule has 0 fully saturated rings. The van der Waals surface area contributed by atoms with Crippen molar-refractivity contribution in [3.63, 3.8) is 0 Å². The van der Waals surface area contributed by atoms with E-state index >= 15 is 0 Å². The third-order valence-corrected chi connectivity index (χ3v) is 2.26. The lowest BCUT2D eigenvalue weighted by Gasteiger charge is -2.09. The predicted octanol–water partition coefficient (Wildman–Crippen LogP) is 1.46. The Balaban J connectivity index is 2.26. The van der Waals surface area contributed by atoms with Crippen molar-refractivity contribution in [3.8, 4) is 5.75 Å². The molecule has 1 aromatic rings. The Labute approximate surface area is 108 Å². The number of methoxy groups -OCH3 is 1. The van der Waals surface area contributed by atoms with E-state index in [1.54, 1.807) is 31.4 Å². The van der Waals surface area contributed by atoms with Gasteiger partial charge in [-0.25, -0.2) is 0 Å². The molecule has 0 aliphatic rings. The average molecular weight is 276 g/mol. The Hall–Kier alpha value is -1.76. The molecule has 0 saturated heterocycles. The molecule has 19 heavy (non-hydrogen) atoms. The van der Waals surface area contributed by atoms with Crippen LogP contribution in [-0.4, -0.2) is 32.3 Å². The van der Waals surface area contributed by atoms with Crippen LogP contribution in [0.5, 0.6) is 5.75 Å². The molecule has 4 nitrogen and oxygen atoms in total. The highest BCUT2D eigenvalue weighted by Gasteiger charge is 2.26. The lowest BCUT2D eigenvalue weighted by atomic mass is 10.2. The zero-order valence-electron chi connectivity index (χ0n) is 10.4. The van der Waals surface area contributed by atoms with Gasteiger partial charge in [-0.3, -0.25) is 4.79 Å². The number of ether oxygens (including phenoxy) is 1. The van der Waals surface area contributed by atoms with E-state index in [9.17, 15) is 18.0 Å². The summed E-state index contributed by atoms with van der Waals surface area (Å²) in [6, 6.07) is 7.01. The van der Waals surface area contributed by atoms with Crippen LogP contribution in [0.4, 0.5) is 13.2 Å². The Morgan fingerprint density at radius 1 is 1.26 bits per heavy atom. The fourth-order valence-electron chi connectivity index (χ4n) is 1.32. The summed E-state index contributed by atoms with van der Waals surface area (Å²) in [7, 11) is 1.54. The van der Waals surface area contributed by atoms with E-state index in [2.05, 4.69) is 5.32 Å². The van der Waals surface area contributed by atoms with Crippen molar-refractivity contribution in [2.45, 2.75) is 12.7 Å². The van der Waals surface area contributed by atoms with Crippen molar-refractivity contribution in [1.82, 2.24) is 10.6 Å². The maximum atomic E-state index is 11.8. The summed E-state index contributed by atoms with van der Waals surface area (Å²) < 4.78 is 40.4. The second-order valence-electron chi connectivity index (χ2n) is 3.84. The summed E-state index contributed by atoms with van der Waals surface area (Å²) in [6.45, 7) is -1.28. The van der Waals surface area contributed by atoms with Crippen molar-refractivity contribution in [2.24, 2.45) is 0 Å². The molecule has 7 heteroatoms. The number of rotatable bonds is 6. The molecule has 2 N–H and O–H groups in total. The van der Waals surface area contributed by atoms with Crippen LogP contribution < -0.4 is 15.4 Å². The van der Waals surface area contributed by atoms with Gasteiger partial charge in [0.05, 0.1) is 20.2 Å². The van der Waals surface area contributed by atoms with Gasteiger partial charge < -0.3 is 15.4 Å². The minimum atomic E-state index is -4.31. The highest BCUT2D eigenvalue weighted by Crippen LogP contribution is 2.12. The Kier molecular flexibility index (Phi) is 5.62.